The highest BCUT2D eigenvalue weighted by Crippen LogP contribution is 2.38. The average Bonchev–Trinajstić information content (AvgIpc) is 2.73. The van der Waals surface area contributed by atoms with E-state index in [1.54, 1.807) is 14.0 Å². The molecule has 0 saturated heterocycles. The molecule has 1 aliphatic rings. The van der Waals surface area contributed by atoms with Gasteiger partial charge >= 0.3 is 0 Å². The lowest BCUT2D eigenvalue weighted by Gasteiger charge is -2.28. The minimum Gasteiger partial charge on any atom is -0.391 e. The first kappa shape index (κ1) is 17.7. The van der Waals surface area contributed by atoms with Crippen LogP contribution >= 0.6 is 15.9 Å². The molecular formula is C17H22BrN3O2. The molecule has 23 heavy (non-hydrogen) atoms. The zero-order valence-corrected chi connectivity index (χ0v) is 15.7. The fourth-order valence-corrected chi connectivity index (χ4v) is 3.43. The van der Waals surface area contributed by atoms with Gasteiger partial charge in [-0.25, -0.2) is 5.01 Å². The van der Waals surface area contributed by atoms with Gasteiger partial charge in [-0.3, -0.25) is 4.79 Å². The Balaban J connectivity index is 2.21. The molecule has 1 atom stereocenters. The van der Waals surface area contributed by atoms with Gasteiger partial charge in [-0.1, -0.05) is 72.2 Å². The normalized spacial score (nSPS) is 22.3. The van der Waals surface area contributed by atoms with Gasteiger partial charge < -0.3 is 4.84 Å². The molecule has 0 spiro atoms. The molecular weight excluding hydrogens is 358 g/mol. The lowest BCUT2D eigenvalue weighted by atomic mass is 9.80. The molecule has 0 aromatic heterocycles. The smallest absolute Gasteiger partial charge is 0.271 e. The van der Waals surface area contributed by atoms with Crippen molar-refractivity contribution in [3.8, 4) is 0 Å². The quantitative estimate of drug-likeness (QED) is 0.456. The Morgan fingerprint density at radius 1 is 1.35 bits per heavy atom. The van der Waals surface area contributed by atoms with Crippen molar-refractivity contribution in [2.24, 2.45) is 15.7 Å². The van der Waals surface area contributed by atoms with E-state index in [1.807, 2.05) is 51.1 Å². The highest BCUT2D eigenvalue weighted by Gasteiger charge is 2.54. The molecule has 0 aliphatic carbocycles. The summed E-state index contributed by atoms with van der Waals surface area (Å²) in [5.41, 5.74) is 2.01. The Labute approximate surface area is 145 Å². The van der Waals surface area contributed by atoms with Crippen LogP contribution < -0.4 is 0 Å². The molecule has 0 bridgehead atoms. The molecule has 1 aromatic rings. The maximum atomic E-state index is 12.6. The first-order chi connectivity index (χ1) is 10.7. The summed E-state index contributed by atoms with van der Waals surface area (Å²) in [7, 11) is 1.65. The van der Waals surface area contributed by atoms with Gasteiger partial charge in [-0.2, -0.15) is 5.10 Å². The monoisotopic (exact) mass is 379 g/mol. The minimum absolute atomic E-state index is 0.160. The van der Waals surface area contributed by atoms with E-state index in [0.29, 0.717) is 12.3 Å². The predicted molar refractivity (Wildman–Crippen MR) is 95.7 cm³/mol. The van der Waals surface area contributed by atoms with Crippen LogP contribution in [0.4, 0.5) is 0 Å². The number of rotatable bonds is 4. The summed E-state index contributed by atoms with van der Waals surface area (Å²) >= 11 is 3.57. The van der Waals surface area contributed by atoms with Crippen LogP contribution in [0.1, 0.15) is 33.3 Å². The van der Waals surface area contributed by atoms with E-state index in [0.717, 1.165) is 11.3 Å². The van der Waals surface area contributed by atoms with Crippen molar-refractivity contribution in [2.75, 3.05) is 7.05 Å². The SMILES string of the molecule is CC(=NOCc1ccccc1)C1(Br)C(=O)N(C)N=C1C(C)(C)C. The standard InChI is InChI=1S/C17H22BrN3O2/c1-12(20-23-11-13-9-7-6-8-10-13)17(18)14(16(2,3)4)19-21(5)15(17)22/h6-10H,11H2,1-5H3. The number of benzene rings is 1. The van der Waals surface area contributed by atoms with Crippen molar-refractivity contribution < 1.29 is 9.63 Å². The van der Waals surface area contributed by atoms with Gasteiger partial charge in [0.05, 0.1) is 11.4 Å². The van der Waals surface area contributed by atoms with Crippen LogP contribution in [0.25, 0.3) is 0 Å². The van der Waals surface area contributed by atoms with E-state index < -0.39 is 4.32 Å². The van der Waals surface area contributed by atoms with E-state index in [4.69, 9.17) is 4.84 Å². The van der Waals surface area contributed by atoms with Gasteiger partial charge in [0, 0.05) is 12.5 Å². The number of amides is 1. The molecule has 6 heteroatoms. The first-order valence-electron chi connectivity index (χ1n) is 7.45. The number of hydrogen-bond acceptors (Lipinski definition) is 4. The lowest BCUT2D eigenvalue weighted by Crippen LogP contribution is -2.50. The van der Waals surface area contributed by atoms with Crippen LogP contribution in [0.5, 0.6) is 0 Å². The lowest BCUT2D eigenvalue weighted by molar-refractivity contribution is -0.127. The molecule has 0 fully saturated rings. The zero-order chi connectivity index (χ0) is 17.3. The van der Waals surface area contributed by atoms with E-state index in [1.165, 1.54) is 5.01 Å². The third kappa shape index (κ3) is 3.47. The Hall–Kier alpha value is -1.69. The minimum atomic E-state index is -1.04. The summed E-state index contributed by atoms with van der Waals surface area (Å²) in [5, 5.41) is 9.91. The molecule has 1 amide bonds. The van der Waals surface area contributed by atoms with Crippen molar-refractivity contribution in [3.63, 3.8) is 0 Å². The Morgan fingerprint density at radius 3 is 2.52 bits per heavy atom. The number of hydrogen-bond donors (Lipinski definition) is 0. The number of halogens is 1. The summed E-state index contributed by atoms with van der Waals surface area (Å²) in [4.78, 5) is 18.0. The second-order valence-electron chi connectivity index (χ2n) is 6.62. The van der Waals surface area contributed by atoms with Crippen LogP contribution in [-0.2, 0) is 16.2 Å². The molecule has 1 aliphatic heterocycles. The molecule has 2 rings (SSSR count). The third-order valence-electron chi connectivity index (χ3n) is 3.65. The highest BCUT2D eigenvalue weighted by atomic mass is 79.9. The van der Waals surface area contributed by atoms with Crippen molar-refractivity contribution in [1.82, 2.24) is 5.01 Å². The topological polar surface area (TPSA) is 54.3 Å². The van der Waals surface area contributed by atoms with Gasteiger partial charge in [0.2, 0.25) is 0 Å². The van der Waals surface area contributed by atoms with Gasteiger partial charge in [-0.15, -0.1) is 0 Å². The van der Waals surface area contributed by atoms with Crippen LogP contribution in [0.15, 0.2) is 40.6 Å². The number of carbonyl (C=O) groups excluding carboxylic acids is 1. The summed E-state index contributed by atoms with van der Waals surface area (Å²) in [6.45, 7) is 8.19. The van der Waals surface area contributed by atoms with Crippen molar-refractivity contribution in [2.45, 2.75) is 38.6 Å². The fourth-order valence-electron chi connectivity index (χ4n) is 2.42. The first-order valence-corrected chi connectivity index (χ1v) is 8.24. The number of oxime groups is 1. The summed E-state index contributed by atoms with van der Waals surface area (Å²) in [5.74, 6) is -0.160. The molecule has 0 saturated carbocycles. The fraction of sp³-hybridized carbons (Fsp3) is 0.471. The Kier molecular flexibility index (Phi) is 4.94. The Morgan fingerprint density at radius 2 is 1.96 bits per heavy atom. The number of nitrogens with zero attached hydrogens (tertiary/aromatic N) is 3. The van der Waals surface area contributed by atoms with E-state index >= 15 is 0 Å². The van der Waals surface area contributed by atoms with Crippen LogP contribution in [0, 0.1) is 5.41 Å². The van der Waals surface area contributed by atoms with Crippen LogP contribution in [0.3, 0.4) is 0 Å². The Bertz CT molecular complexity index is 650. The molecule has 124 valence electrons. The van der Waals surface area contributed by atoms with E-state index in [2.05, 4.69) is 26.2 Å². The number of alkyl halides is 1. The zero-order valence-electron chi connectivity index (χ0n) is 14.1. The van der Waals surface area contributed by atoms with Gasteiger partial charge in [0.25, 0.3) is 5.91 Å². The molecule has 1 unspecified atom stereocenters. The van der Waals surface area contributed by atoms with Crippen LogP contribution in [0.2, 0.25) is 0 Å². The molecule has 0 N–H and O–H groups in total. The van der Waals surface area contributed by atoms with E-state index in [-0.39, 0.29) is 11.3 Å². The van der Waals surface area contributed by atoms with Crippen molar-refractivity contribution in [1.29, 1.82) is 0 Å². The maximum absolute atomic E-state index is 12.6. The van der Waals surface area contributed by atoms with Gasteiger partial charge in [0.1, 0.15) is 6.61 Å². The molecule has 1 aromatic carbocycles. The third-order valence-corrected chi connectivity index (χ3v) is 4.94. The average molecular weight is 380 g/mol. The summed E-state index contributed by atoms with van der Waals surface area (Å²) < 4.78 is -1.04. The highest BCUT2D eigenvalue weighted by molar-refractivity contribution is 9.11. The second kappa shape index (κ2) is 6.43. The largest absolute Gasteiger partial charge is 0.391 e. The molecule has 0 radical (unpaired) electrons. The van der Waals surface area contributed by atoms with Gasteiger partial charge in [-0.05, 0) is 12.5 Å². The summed E-state index contributed by atoms with van der Waals surface area (Å²) in [6.07, 6.45) is 0. The second-order valence-corrected chi connectivity index (χ2v) is 7.81. The van der Waals surface area contributed by atoms with E-state index in [9.17, 15) is 4.79 Å². The number of carbonyl (C=O) groups is 1. The predicted octanol–water partition coefficient (Wildman–Crippen LogP) is 3.59. The summed E-state index contributed by atoms with van der Waals surface area (Å²) in [6, 6.07) is 9.77. The molecule has 5 nitrogen and oxygen atoms in total. The molecule has 1 heterocycles. The number of hydrazone groups is 1. The van der Waals surface area contributed by atoms with Crippen molar-refractivity contribution >= 4 is 33.3 Å². The maximum Gasteiger partial charge on any atom is 0.271 e. The van der Waals surface area contributed by atoms with Crippen LogP contribution in [-0.4, -0.2) is 33.7 Å². The van der Waals surface area contributed by atoms with Crippen molar-refractivity contribution in [3.05, 3.63) is 35.9 Å². The van der Waals surface area contributed by atoms with Gasteiger partial charge in [0.15, 0.2) is 4.32 Å².